The molecule has 0 amide bonds. The number of aliphatic hydroxyl groups is 1. The molecule has 1 aliphatic carbocycles. The lowest BCUT2D eigenvalue weighted by Gasteiger charge is -2.27. The summed E-state index contributed by atoms with van der Waals surface area (Å²) in [6.45, 7) is 0. The van der Waals surface area contributed by atoms with Gasteiger partial charge in [0.15, 0.2) is 0 Å². The molecule has 0 saturated carbocycles. The first-order valence-corrected chi connectivity index (χ1v) is 4.79. The zero-order valence-electron chi connectivity index (χ0n) is 7.20. The molecule has 1 aromatic carbocycles. The summed E-state index contributed by atoms with van der Waals surface area (Å²) >= 11 is 6.00. The highest BCUT2D eigenvalue weighted by Gasteiger charge is 2.25. The van der Waals surface area contributed by atoms with Gasteiger partial charge in [-0.2, -0.15) is 0 Å². The van der Waals surface area contributed by atoms with Crippen molar-refractivity contribution in [3.8, 4) is 0 Å². The molecule has 0 aliphatic heterocycles. The average Bonchev–Trinajstić information content (AvgIpc) is 2.12. The van der Waals surface area contributed by atoms with E-state index < -0.39 is 6.10 Å². The summed E-state index contributed by atoms with van der Waals surface area (Å²) in [6, 6.07) is 5.45. The molecule has 0 fully saturated rings. The van der Waals surface area contributed by atoms with Crippen molar-refractivity contribution in [3.63, 3.8) is 0 Å². The molecule has 0 saturated heterocycles. The number of nitrogens with two attached hydrogens (primary N) is 1. The van der Waals surface area contributed by atoms with Crippen molar-refractivity contribution >= 4 is 11.6 Å². The highest BCUT2D eigenvalue weighted by molar-refractivity contribution is 6.31. The minimum Gasteiger partial charge on any atom is -0.387 e. The maximum atomic E-state index is 9.77. The first-order chi connectivity index (χ1) is 6.20. The smallest absolute Gasteiger partial charge is 0.0944 e. The van der Waals surface area contributed by atoms with Crippen LogP contribution in [0.3, 0.4) is 0 Å². The quantitative estimate of drug-likeness (QED) is 0.665. The Morgan fingerprint density at radius 3 is 3.00 bits per heavy atom. The molecule has 70 valence electrons. The van der Waals surface area contributed by atoms with Crippen molar-refractivity contribution in [1.29, 1.82) is 0 Å². The summed E-state index contributed by atoms with van der Waals surface area (Å²) < 4.78 is 0. The molecule has 0 radical (unpaired) electrons. The van der Waals surface area contributed by atoms with Gasteiger partial charge < -0.3 is 10.8 Å². The highest BCUT2D eigenvalue weighted by Crippen LogP contribution is 2.32. The second kappa shape index (κ2) is 3.29. The Labute approximate surface area is 82.3 Å². The molecular formula is C10H12ClNO. The number of fused-ring (bicyclic) bond motifs is 1. The van der Waals surface area contributed by atoms with Crippen LogP contribution in [0.15, 0.2) is 18.2 Å². The van der Waals surface area contributed by atoms with Gasteiger partial charge in [0, 0.05) is 11.1 Å². The molecule has 0 aromatic heterocycles. The van der Waals surface area contributed by atoms with Gasteiger partial charge in [0.05, 0.1) is 6.10 Å². The lowest BCUT2D eigenvalue weighted by Crippen LogP contribution is -2.33. The van der Waals surface area contributed by atoms with Gasteiger partial charge in [-0.25, -0.2) is 0 Å². The average molecular weight is 198 g/mol. The van der Waals surface area contributed by atoms with Crippen molar-refractivity contribution in [2.45, 2.75) is 25.0 Å². The predicted molar refractivity (Wildman–Crippen MR) is 52.7 cm³/mol. The van der Waals surface area contributed by atoms with E-state index in [1.807, 2.05) is 18.2 Å². The molecule has 3 heteroatoms. The number of aliphatic hydroxyl groups excluding tert-OH is 1. The van der Waals surface area contributed by atoms with Gasteiger partial charge in [-0.3, -0.25) is 0 Å². The van der Waals surface area contributed by atoms with Gasteiger partial charge in [-0.05, 0) is 30.0 Å². The standard InChI is InChI=1S/C10H12ClNO/c11-8-3-1-2-7-6(8)4-5-9(12)10(7)13/h1-3,9-10,13H,4-5,12H2. The summed E-state index contributed by atoms with van der Waals surface area (Å²) in [5.41, 5.74) is 7.70. The van der Waals surface area contributed by atoms with Crippen molar-refractivity contribution in [2.75, 3.05) is 0 Å². The van der Waals surface area contributed by atoms with Crippen molar-refractivity contribution in [3.05, 3.63) is 34.3 Å². The highest BCUT2D eigenvalue weighted by atomic mass is 35.5. The molecule has 2 unspecified atom stereocenters. The Balaban J connectivity index is 2.49. The second-order valence-corrected chi connectivity index (χ2v) is 3.86. The number of benzene rings is 1. The van der Waals surface area contributed by atoms with Crippen LogP contribution >= 0.6 is 11.6 Å². The summed E-state index contributed by atoms with van der Waals surface area (Å²) in [6.07, 6.45) is 1.12. The summed E-state index contributed by atoms with van der Waals surface area (Å²) in [4.78, 5) is 0. The Bertz CT molecular complexity index is 327. The van der Waals surface area contributed by atoms with E-state index in [2.05, 4.69) is 0 Å². The zero-order valence-corrected chi connectivity index (χ0v) is 7.96. The van der Waals surface area contributed by atoms with E-state index in [-0.39, 0.29) is 6.04 Å². The largest absolute Gasteiger partial charge is 0.387 e. The third-order valence-electron chi connectivity index (χ3n) is 2.61. The fourth-order valence-electron chi connectivity index (χ4n) is 1.82. The van der Waals surface area contributed by atoms with Crippen molar-refractivity contribution < 1.29 is 5.11 Å². The molecule has 0 spiro atoms. The van der Waals surface area contributed by atoms with E-state index in [9.17, 15) is 5.11 Å². The van der Waals surface area contributed by atoms with E-state index in [0.717, 1.165) is 29.0 Å². The Hall–Kier alpha value is -0.570. The summed E-state index contributed by atoms with van der Waals surface area (Å²) in [5, 5.41) is 10.5. The van der Waals surface area contributed by atoms with Crippen LogP contribution in [0.4, 0.5) is 0 Å². The third-order valence-corrected chi connectivity index (χ3v) is 2.96. The second-order valence-electron chi connectivity index (χ2n) is 3.45. The zero-order chi connectivity index (χ0) is 9.42. The fraction of sp³-hybridized carbons (Fsp3) is 0.400. The van der Waals surface area contributed by atoms with Gasteiger partial charge in [-0.1, -0.05) is 23.7 Å². The summed E-state index contributed by atoms with van der Waals surface area (Å²) in [5.74, 6) is 0. The maximum Gasteiger partial charge on any atom is 0.0944 e. The van der Waals surface area contributed by atoms with Crippen LogP contribution in [0.2, 0.25) is 5.02 Å². The molecule has 3 N–H and O–H groups in total. The number of rotatable bonds is 0. The number of hydrogen-bond acceptors (Lipinski definition) is 2. The minimum absolute atomic E-state index is 0.147. The number of hydrogen-bond donors (Lipinski definition) is 2. The van der Waals surface area contributed by atoms with E-state index in [1.165, 1.54) is 0 Å². The molecule has 1 aliphatic rings. The first-order valence-electron chi connectivity index (χ1n) is 4.41. The minimum atomic E-state index is -0.553. The van der Waals surface area contributed by atoms with Crippen LogP contribution in [-0.2, 0) is 6.42 Å². The van der Waals surface area contributed by atoms with Crippen LogP contribution in [0.1, 0.15) is 23.7 Å². The number of halogens is 1. The van der Waals surface area contributed by atoms with E-state index in [1.54, 1.807) is 0 Å². The monoisotopic (exact) mass is 197 g/mol. The lowest BCUT2D eigenvalue weighted by molar-refractivity contribution is 0.134. The van der Waals surface area contributed by atoms with Crippen LogP contribution in [-0.4, -0.2) is 11.1 Å². The van der Waals surface area contributed by atoms with Crippen LogP contribution in [0.5, 0.6) is 0 Å². The van der Waals surface area contributed by atoms with Crippen molar-refractivity contribution in [1.82, 2.24) is 0 Å². The first kappa shape index (κ1) is 9.00. The normalized spacial score (nSPS) is 27.0. The Morgan fingerprint density at radius 2 is 2.23 bits per heavy atom. The molecule has 2 atom stereocenters. The van der Waals surface area contributed by atoms with Crippen LogP contribution < -0.4 is 5.73 Å². The van der Waals surface area contributed by atoms with Gasteiger partial charge in [0.25, 0.3) is 0 Å². The van der Waals surface area contributed by atoms with Crippen molar-refractivity contribution in [2.24, 2.45) is 5.73 Å². The Kier molecular flexibility index (Phi) is 2.28. The molecule has 1 aromatic rings. The third kappa shape index (κ3) is 1.46. The molecular weight excluding hydrogens is 186 g/mol. The van der Waals surface area contributed by atoms with E-state index in [0.29, 0.717) is 0 Å². The van der Waals surface area contributed by atoms with Crippen LogP contribution in [0.25, 0.3) is 0 Å². The van der Waals surface area contributed by atoms with Gasteiger partial charge in [0.1, 0.15) is 0 Å². The van der Waals surface area contributed by atoms with Gasteiger partial charge >= 0.3 is 0 Å². The van der Waals surface area contributed by atoms with Gasteiger partial charge in [-0.15, -0.1) is 0 Å². The Morgan fingerprint density at radius 1 is 1.46 bits per heavy atom. The molecule has 2 rings (SSSR count). The maximum absolute atomic E-state index is 9.77. The van der Waals surface area contributed by atoms with E-state index in [4.69, 9.17) is 17.3 Å². The van der Waals surface area contributed by atoms with E-state index >= 15 is 0 Å². The molecule has 0 heterocycles. The molecule has 13 heavy (non-hydrogen) atoms. The molecule has 0 bridgehead atoms. The lowest BCUT2D eigenvalue weighted by atomic mass is 9.86. The molecule has 2 nitrogen and oxygen atoms in total. The fourth-order valence-corrected chi connectivity index (χ4v) is 2.09. The predicted octanol–water partition coefficient (Wildman–Crippen LogP) is 1.65. The summed E-state index contributed by atoms with van der Waals surface area (Å²) in [7, 11) is 0. The SMILES string of the molecule is NC1CCc2c(Cl)cccc2C1O. The topological polar surface area (TPSA) is 46.2 Å². The van der Waals surface area contributed by atoms with Gasteiger partial charge in [0.2, 0.25) is 0 Å². The van der Waals surface area contributed by atoms with Crippen LogP contribution in [0, 0.1) is 0 Å².